The predicted octanol–water partition coefficient (Wildman–Crippen LogP) is 2.57. The summed E-state index contributed by atoms with van der Waals surface area (Å²) < 4.78 is 5.45. The highest BCUT2D eigenvalue weighted by Gasteiger charge is 2.26. The van der Waals surface area contributed by atoms with Crippen molar-refractivity contribution < 1.29 is 14.3 Å². The topological polar surface area (TPSA) is 53.1 Å². The quantitative estimate of drug-likeness (QED) is 0.796. The van der Waals surface area contributed by atoms with Crippen molar-refractivity contribution in [2.24, 2.45) is 0 Å². The summed E-state index contributed by atoms with van der Waals surface area (Å²) in [5.74, 6) is 0.108. The van der Waals surface area contributed by atoms with E-state index in [-0.39, 0.29) is 11.8 Å². The zero-order chi connectivity index (χ0) is 19.3. The van der Waals surface area contributed by atoms with Crippen LogP contribution in [0.1, 0.15) is 27.1 Å². The van der Waals surface area contributed by atoms with Gasteiger partial charge in [-0.15, -0.1) is 0 Å². The molecule has 0 bridgehead atoms. The van der Waals surface area contributed by atoms with E-state index < -0.39 is 0 Å². The van der Waals surface area contributed by atoms with Crippen LogP contribution in [-0.2, 0) is 4.74 Å². The summed E-state index contributed by atoms with van der Waals surface area (Å²) in [7, 11) is 0. The minimum absolute atomic E-state index is 0.0481. The number of thiophene rings is 1. The van der Waals surface area contributed by atoms with Crippen LogP contribution in [0, 0.1) is 0 Å². The van der Waals surface area contributed by atoms with Crippen molar-refractivity contribution in [3.63, 3.8) is 0 Å². The van der Waals surface area contributed by atoms with E-state index >= 15 is 0 Å². The van der Waals surface area contributed by atoms with Gasteiger partial charge in [0, 0.05) is 50.3 Å². The first-order valence-corrected chi connectivity index (χ1v) is 10.7. The summed E-state index contributed by atoms with van der Waals surface area (Å²) in [6.45, 7) is 5.46. The second-order valence-electron chi connectivity index (χ2n) is 7.07. The summed E-state index contributed by atoms with van der Waals surface area (Å²) >= 11 is 1.53. The lowest BCUT2D eigenvalue weighted by atomic mass is 10.1. The number of ether oxygens (including phenoxy) is 1. The molecule has 0 radical (unpaired) electrons. The summed E-state index contributed by atoms with van der Waals surface area (Å²) in [6, 6.07) is 9.68. The molecule has 28 heavy (non-hydrogen) atoms. The maximum absolute atomic E-state index is 13.3. The summed E-state index contributed by atoms with van der Waals surface area (Å²) in [6.07, 6.45) is 0.793. The first kappa shape index (κ1) is 19.0. The molecule has 3 heterocycles. The molecule has 2 aliphatic heterocycles. The van der Waals surface area contributed by atoms with Gasteiger partial charge in [-0.2, -0.15) is 11.3 Å². The van der Waals surface area contributed by atoms with Gasteiger partial charge in [0.1, 0.15) is 0 Å². The van der Waals surface area contributed by atoms with E-state index in [1.165, 1.54) is 11.3 Å². The van der Waals surface area contributed by atoms with Crippen molar-refractivity contribution >= 4 is 28.8 Å². The number of rotatable bonds is 3. The first-order chi connectivity index (χ1) is 13.7. The Morgan fingerprint density at radius 2 is 1.57 bits per heavy atom. The summed E-state index contributed by atoms with van der Waals surface area (Å²) in [5, 5.41) is 3.80. The predicted molar refractivity (Wildman–Crippen MR) is 110 cm³/mol. The van der Waals surface area contributed by atoms with Gasteiger partial charge in [-0.3, -0.25) is 9.59 Å². The van der Waals surface area contributed by atoms with Crippen LogP contribution in [0.25, 0.3) is 0 Å². The molecule has 0 atom stereocenters. The standard InChI is InChI=1S/C21H25N3O3S/c25-20(17-6-15-28-16-17)23-7-3-8-24(10-9-23)21(26)18-4-1-2-5-19(18)22-11-13-27-14-12-22/h1-2,4-6,15-16H,3,7-14H2. The second kappa shape index (κ2) is 8.75. The van der Waals surface area contributed by atoms with Crippen LogP contribution in [-0.4, -0.2) is 74.1 Å². The van der Waals surface area contributed by atoms with E-state index in [9.17, 15) is 9.59 Å². The first-order valence-electron chi connectivity index (χ1n) is 9.76. The smallest absolute Gasteiger partial charge is 0.256 e. The molecule has 2 fully saturated rings. The van der Waals surface area contributed by atoms with Crippen molar-refractivity contribution in [2.75, 3.05) is 57.4 Å². The Morgan fingerprint density at radius 3 is 2.29 bits per heavy atom. The highest BCUT2D eigenvalue weighted by molar-refractivity contribution is 7.08. The van der Waals surface area contributed by atoms with Gasteiger partial charge in [0.05, 0.1) is 24.3 Å². The molecule has 1 aromatic heterocycles. The van der Waals surface area contributed by atoms with E-state index in [1.807, 2.05) is 50.9 Å². The third-order valence-corrected chi connectivity index (χ3v) is 6.01. The Hall–Kier alpha value is -2.38. The Labute approximate surface area is 169 Å². The highest BCUT2D eigenvalue weighted by Crippen LogP contribution is 2.24. The molecular formula is C21H25N3O3S. The van der Waals surface area contributed by atoms with Crippen molar-refractivity contribution in [3.05, 3.63) is 52.2 Å². The van der Waals surface area contributed by atoms with Gasteiger partial charge in [-0.25, -0.2) is 0 Å². The second-order valence-corrected chi connectivity index (χ2v) is 7.85. The average Bonchev–Trinajstić information content (AvgIpc) is 3.18. The molecule has 7 heteroatoms. The number of nitrogens with zero attached hydrogens (tertiary/aromatic N) is 3. The largest absolute Gasteiger partial charge is 0.378 e. The molecule has 2 amide bonds. The van der Waals surface area contributed by atoms with Gasteiger partial charge in [0.2, 0.25) is 0 Å². The minimum Gasteiger partial charge on any atom is -0.378 e. The lowest BCUT2D eigenvalue weighted by molar-refractivity contribution is 0.0719. The van der Waals surface area contributed by atoms with Crippen LogP contribution in [0.15, 0.2) is 41.1 Å². The third kappa shape index (κ3) is 4.05. The Balaban J connectivity index is 1.46. The molecule has 4 rings (SSSR count). The number of benzene rings is 1. The number of carbonyl (C=O) groups excluding carboxylic acids is 2. The molecule has 6 nitrogen and oxygen atoms in total. The van der Waals surface area contributed by atoms with E-state index in [2.05, 4.69) is 4.90 Å². The number of amides is 2. The van der Waals surface area contributed by atoms with Crippen molar-refractivity contribution in [3.8, 4) is 0 Å². The van der Waals surface area contributed by atoms with Crippen LogP contribution >= 0.6 is 11.3 Å². The molecule has 148 valence electrons. The van der Waals surface area contributed by atoms with Gasteiger partial charge < -0.3 is 19.4 Å². The normalized spacial score (nSPS) is 18.1. The van der Waals surface area contributed by atoms with E-state index in [4.69, 9.17) is 4.74 Å². The summed E-state index contributed by atoms with van der Waals surface area (Å²) in [4.78, 5) is 31.9. The number of hydrogen-bond donors (Lipinski definition) is 0. The molecule has 0 N–H and O–H groups in total. The fraction of sp³-hybridized carbons (Fsp3) is 0.429. The van der Waals surface area contributed by atoms with Crippen LogP contribution < -0.4 is 4.90 Å². The monoisotopic (exact) mass is 399 g/mol. The fourth-order valence-electron chi connectivity index (χ4n) is 3.80. The lowest BCUT2D eigenvalue weighted by Gasteiger charge is -2.31. The highest BCUT2D eigenvalue weighted by atomic mass is 32.1. The molecular weight excluding hydrogens is 374 g/mol. The number of para-hydroxylation sites is 1. The van der Waals surface area contributed by atoms with Gasteiger partial charge in [-0.05, 0) is 30.0 Å². The van der Waals surface area contributed by atoms with Crippen LogP contribution in [0.5, 0.6) is 0 Å². The summed E-state index contributed by atoms with van der Waals surface area (Å²) in [5.41, 5.74) is 2.45. The molecule has 2 aliphatic rings. The number of hydrogen-bond acceptors (Lipinski definition) is 5. The van der Waals surface area contributed by atoms with Crippen molar-refractivity contribution in [2.45, 2.75) is 6.42 Å². The van der Waals surface area contributed by atoms with E-state index in [0.717, 1.165) is 36.3 Å². The maximum atomic E-state index is 13.3. The number of anilines is 1. The molecule has 0 saturated carbocycles. The Morgan fingerprint density at radius 1 is 0.857 bits per heavy atom. The molecule has 1 aromatic carbocycles. The maximum Gasteiger partial charge on any atom is 0.256 e. The van der Waals surface area contributed by atoms with Crippen LogP contribution in [0.2, 0.25) is 0 Å². The van der Waals surface area contributed by atoms with Crippen molar-refractivity contribution in [1.29, 1.82) is 0 Å². The molecule has 2 aromatic rings. The zero-order valence-corrected chi connectivity index (χ0v) is 16.7. The zero-order valence-electron chi connectivity index (χ0n) is 15.9. The van der Waals surface area contributed by atoms with Gasteiger partial charge in [-0.1, -0.05) is 12.1 Å². The minimum atomic E-state index is 0.0481. The van der Waals surface area contributed by atoms with Gasteiger partial charge in [0.15, 0.2) is 0 Å². The number of morpholine rings is 1. The van der Waals surface area contributed by atoms with Gasteiger partial charge >= 0.3 is 0 Å². The Kier molecular flexibility index (Phi) is 5.92. The van der Waals surface area contributed by atoms with E-state index in [0.29, 0.717) is 39.4 Å². The Bertz CT molecular complexity index is 818. The van der Waals surface area contributed by atoms with E-state index in [1.54, 1.807) is 0 Å². The fourth-order valence-corrected chi connectivity index (χ4v) is 4.43. The molecule has 0 unspecified atom stereocenters. The average molecular weight is 400 g/mol. The molecule has 0 spiro atoms. The lowest BCUT2D eigenvalue weighted by Crippen LogP contribution is -2.40. The third-order valence-electron chi connectivity index (χ3n) is 5.32. The van der Waals surface area contributed by atoms with Crippen LogP contribution in [0.4, 0.5) is 5.69 Å². The number of carbonyl (C=O) groups is 2. The van der Waals surface area contributed by atoms with Crippen LogP contribution in [0.3, 0.4) is 0 Å². The molecule has 2 saturated heterocycles. The van der Waals surface area contributed by atoms with Crippen molar-refractivity contribution in [1.82, 2.24) is 9.80 Å². The van der Waals surface area contributed by atoms with Gasteiger partial charge in [0.25, 0.3) is 11.8 Å². The molecule has 0 aliphatic carbocycles. The SMILES string of the molecule is O=C(c1ccsc1)N1CCCN(C(=O)c2ccccc2N2CCOCC2)CC1.